The molecule has 65 heavy (non-hydrogen) atoms. The zero-order valence-electron chi connectivity index (χ0n) is 41.7. The normalized spacial score (nSPS) is 13.1. The molecule has 0 bridgehead atoms. The zero-order chi connectivity index (χ0) is 47.2. The van der Waals surface area contributed by atoms with Gasteiger partial charge in [0.25, 0.3) is 0 Å². The molecule has 0 N–H and O–H groups in total. The Labute approximate surface area is 399 Å². The van der Waals surface area contributed by atoms with E-state index in [2.05, 4.69) is 130 Å². The molecule has 1 atom stereocenters. The van der Waals surface area contributed by atoms with Crippen molar-refractivity contribution >= 4 is 17.9 Å². The molecule has 6 nitrogen and oxygen atoms in total. The second-order valence-electron chi connectivity index (χ2n) is 16.7. The first kappa shape index (κ1) is 60.8. The first-order valence-corrected chi connectivity index (χ1v) is 26.0. The van der Waals surface area contributed by atoms with Crippen LogP contribution < -0.4 is 0 Å². The van der Waals surface area contributed by atoms with E-state index >= 15 is 0 Å². The Kier molecular flexibility index (Phi) is 49.1. The van der Waals surface area contributed by atoms with Gasteiger partial charge in [0.05, 0.1) is 6.42 Å². The van der Waals surface area contributed by atoms with Gasteiger partial charge in [-0.05, 0) is 109 Å². The van der Waals surface area contributed by atoms with Gasteiger partial charge >= 0.3 is 17.9 Å². The highest BCUT2D eigenvalue weighted by Gasteiger charge is 2.19. The first-order valence-electron chi connectivity index (χ1n) is 26.0. The number of allylic oxidation sites excluding steroid dienone is 19. The summed E-state index contributed by atoms with van der Waals surface area (Å²) in [6.45, 7) is 6.26. The maximum atomic E-state index is 12.7. The van der Waals surface area contributed by atoms with Gasteiger partial charge in [-0.3, -0.25) is 14.4 Å². The minimum absolute atomic E-state index is 0.0825. The number of hydrogen-bond donors (Lipinski definition) is 0. The summed E-state index contributed by atoms with van der Waals surface area (Å²) < 4.78 is 16.6. The fraction of sp³-hybridized carbons (Fsp3) is 0.610. The number of hydrogen-bond acceptors (Lipinski definition) is 6. The lowest BCUT2D eigenvalue weighted by Gasteiger charge is -2.18. The molecule has 366 valence electrons. The minimum atomic E-state index is -0.854. The second-order valence-corrected chi connectivity index (χ2v) is 16.7. The molecule has 0 aromatic carbocycles. The van der Waals surface area contributed by atoms with Crippen LogP contribution in [0.1, 0.15) is 213 Å². The number of unbranched alkanes of at least 4 members (excludes halogenated alkanes) is 15. The maximum Gasteiger partial charge on any atom is 0.310 e. The van der Waals surface area contributed by atoms with E-state index in [1.54, 1.807) is 6.08 Å². The SMILES string of the molecule is CC/C=C\C/C=C\C/C=C\C/C=C\C/C=C\CC(=O)OC(COC(=O)CCCC/C=C\C/C=C\C/C=C\C/C=C\CC)COC(=O)CCCCCCCCC/C=C\CCCCCCCC. The van der Waals surface area contributed by atoms with Crippen LogP contribution in [-0.4, -0.2) is 37.2 Å². The lowest BCUT2D eigenvalue weighted by atomic mass is 10.1. The van der Waals surface area contributed by atoms with Crippen LogP contribution in [0.3, 0.4) is 0 Å². The Morgan fingerprint density at radius 1 is 0.338 bits per heavy atom. The Morgan fingerprint density at radius 3 is 1.06 bits per heavy atom. The molecule has 0 spiro atoms. The molecule has 0 aromatic heterocycles. The van der Waals surface area contributed by atoms with Gasteiger partial charge in [-0.2, -0.15) is 0 Å². The van der Waals surface area contributed by atoms with Crippen molar-refractivity contribution < 1.29 is 28.6 Å². The molecule has 0 aromatic rings. The quantitative estimate of drug-likeness (QED) is 0.0262. The van der Waals surface area contributed by atoms with E-state index in [4.69, 9.17) is 14.2 Å². The van der Waals surface area contributed by atoms with Gasteiger partial charge in [-0.1, -0.05) is 206 Å². The molecule has 0 aliphatic carbocycles. The van der Waals surface area contributed by atoms with Crippen molar-refractivity contribution in [1.82, 2.24) is 0 Å². The van der Waals surface area contributed by atoms with E-state index in [1.165, 1.54) is 77.0 Å². The summed E-state index contributed by atoms with van der Waals surface area (Å²) >= 11 is 0. The first-order chi connectivity index (χ1) is 32.0. The third-order valence-electron chi connectivity index (χ3n) is 10.5. The molecule has 0 saturated carbocycles. The van der Waals surface area contributed by atoms with Crippen molar-refractivity contribution in [1.29, 1.82) is 0 Å². The highest BCUT2D eigenvalue weighted by Crippen LogP contribution is 2.13. The van der Waals surface area contributed by atoms with Gasteiger partial charge < -0.3 is 14.2 Å². The van der Waals surface area contributed by atoms with Crippen LogP contribution in [0.25, 0.3) is 0 Å². The lowest BCUT2D eigenvalue weighted by Crippen LogP contribution is -2.30. The molecular weight excluding hydrogens is 805 g/mol. The Balaban J connectivity index is 4.58. The van der Waals surface area contributed by atoms with Crippen molar-refractivity contribution in [3.63, 3.8) is 0 Å². The smallest absolute Gasteiger partial charge is 0.310 e. The molecule has 6 heteroatoms. The summed E-state index contributed by atoms with van der Waals surface area (Å²) in [6, 6.07) is 0. The summed E-state index contributed by atoms with van der Waals surface area (Å²) in [4.78, 5) is 37.9. The standard InChI is InChI=1S/C59H94O6/c1-4-7-10-13-16-19-22-25-28-29-32-34-37-40-43-46-49-52-58(61)64-55-56(65-59(62)53-50-47-44-41-38-35-31-27-24-21-18-15-12-9-6-3)54-63-57(60)51-48-45-42-39-36-33-30-26-23-20-17-14-11-8-5-2/h8-9,11-12,17-18,20-21,25-28,30-31,36,38-39,41,47,50,56H,4-7,10,13-16,19,22-24,29,32-35,37,40,42-46,48-49,51-55H2,1-3H3/b11-8-,12-9-,20-17-,21-18-,28-25-,30-26-,31-27-,39-36-,41-38-,50-47-. The molecular formula is C59H94O6. The van der Waals surface area contributed by atoms with Crippen LogP contribution in [0, 0.1) is 0 Å². The molecule has 0 fully saturated rings. The molecule has 1 unspecified atom stereocenters. The van der Waals surface area contributed by atoms with E-state index in [9.17, 15) is 14.4 Å². The van der Waals surface area contributed by atoms with E-state index in [0.29, 0.717) is 19.3 Å². The molecule has 0 radical (unpaired) electrons. The fourth-order valence-electron chi connectivity index (χ4n) is 6.62. The Bertz CT molecular complexity index is 1400. The van der Waals surface area contributed by atoms with Crippen LogP contribution in [0.5, 0.6) is 0 Å². The molecule has 0 saturated heterocycles. The predicted octanol–water partition coefficient (Wildman–Crippen LogP) is 17.3. The summed E-state index contributed by atoms with van der Waals surface area (Å²) in [5, 5.41) is 0. The van der Waals surface area contributed by atoms with E-state index in [1.807, 2.05) is 6.08 Å². The number of ether oxygens (including phenoxy) is 3. The average molecular weight is 899 g/mol. The zero-order valence-corrected chi connectivity index (χ0v) is 41.7. The summed E-state index contributed by atoms with van der Waals surface area (Å²) in [5.74, 6) is -1.12. The van der Waals surface area contributed by atoms with Gasteiger partial charge in [0.1, 0.15) is 13.2 Å². The third kappa shape index (κ3) is 50.7. The number of carbonyl (C=O) groups is 3. The van der Waals surface area contributed by atoms with Crippen LogP contribution in [0.2, 0.25) is 0 Å². The summed E-state index contributed by atoms with van der Waals surface area (Å²) in [5.41, 5.74) is 0. The highest BCUT2D eigenvalue weighted by atomic mass is 16.6. The monoisotopic (exact) mass is 899 g/mol. The Hall–Kier alpha value is -4.19. The minimum Gasteiger partial charge on any atom is -0.462 e. The molecule has 0 heterocycles. The summed E-state index contributed by atoms with van der Waals surface area (Å²) in [6.07, 6.45) is 72.1. The van der Waals surface area contributed by atoms with Crippen molar-refractivity contribution in [2.75, 3.05) is 13.2 Å². The number of carbonyl (C=O) groups excluding carboxylic acids is 3. The van der Waals surface area contributed by atoms with Crippen LogP contribution in [-0.2, 0) is 28.6 Å². The summed E-state index contributed by atoms with van der Waals surface area (Å²) in [7, 11) is 0. The molecule has 0 aliphatic rings. The highest BCUT2D eigenvalue weighted by molar-refractivity contribution is 5.72. The van der Waals surface area contributed by atoms with Crippen LogP contribution >= 0.6 is 0 Å². The number of rotatable bonds is 45. The van der Waals surface area contributed by atoms with Crippen LogP contribution in [0.4, 0.5) is 0 Å². The van der Waals surface area contributed by atoms with E-state index in [0.717, 1.165) is 83.5 Å². The van der Waals surface area contributed by atoms with Crippen molar-refractivity contribution in [3.05, 3.63) is 122 Å². The van der Waals surface area contributed by atoms with Gasteiger partial charge in [-0.15, -0.1) is 0 Å². The topological polar surface area (TPSA) is 78.9 Å². The van der Waals surface area contributed by atoms with Gasteiger partial charge in [-0.25, -0.2) is 0 Å². The van der Waals surface area contributed by atoms with Crippen LogP contribution in [0.15, 0.2) is 122 Å². The lowest BCUT2D eigenvalue weighted by molar-refractivity contribution is -0.166. The van der Waals surface area contributed by atoms with E-state index < -0.39 is 12.1 Å². The number of esters is 3. The van der Waals surface area contributed by atoms with Gasteiger partial charge in [0.2, 0.25) is 0 Å². The maximum absolute atomic E-state index is 12.7. The van der Waals surface area contributed by atoms with Crippen molar-refractivity contribution in [3.8, 4) is 0 Å². The van der Waals surface area contributed by atoms with Gasteiger partial charge in [0, 0.05) is 12.8 Å². The second kappa shape index (κ2) is 52.4. The average Bonchev–Trinajstić information content (AvgIpc) is 3.30. The molecule has 0 rings (SSSR count). The third-order valence-corrected chi connectivity index (χ3v) is 10.5. The largest absolute Gasteiger partial charge is 0.462 e. The van der Waals surface area contributed by atoms with Gasteiger partial charge in [0.15, 0.2) is 6.10 Å². The fourth-order valence-corrected chi connectivity index (χ4v) is 6.62. The predicted molar refractivity (Wildman–Crippen MR) is 279 cm³/mol. The van der Waals surface area contributed by atoms with Crippen molar-refractivity contribution in [2.24, 2.45) is 0 Å². The Morgan fingerprint density at radius 2 is 0.646 bits per heavy atom. The molecule has 0 amide bonds. The molecule has 0 aliphatic heterocycles. The van der Waals surface area contributed by atoms with Crippen molar-refractivity contribution in [2.45, 2.75) is 219 Å². The van der Waals surface area contributed by atoms with E-state index in [-0.39, 0.29) is 38.0 Å².